The van der Waals surface area contributed by atoms with Crippen molar-refractivity contribution in [1.82, 2.24) is 0 Å². The van der Waals surface area contributed by atoms with Crippen LogP contribution in [0.2, 0.25) is 0 Å². The molecule has 0 amide bonds. The molecule has 2 heterocycles. The van der Waals surface area contributed by atoms with E-state index in [2.05, 4.69) is 20.4 Å². The van der Waals surface area contributed by atoms with Gasteiger partial charge in [-0.25, -0.2) is 0 Å². The number of hydrogen-bond donors (Lipinski definition) is 1. The molecule has 3 saturated carbocycles. The molecule has 0 aromatic heterocycles. The SMILES string of the molecule is C=C1C(=O)[C@]23C[C@@H]1CC[C@H]2C12[C@H](OC)O[C@@H](O)[C@@H]1C(C)(C)CC[C@@H]2OC3=O. The van der Waals surface area contributed by atoms with E-state index in [0.717, 1.165) is 19.3 Å². The van der Waals surface area contributed by atoms with E-state index in [1.165, 1.54) is 0 Å². The van der Waals surface area contributed by atoms with Gasteiger partial charge in [-0.3, -0.25) is 9.59 Å². The quantitative estimate of drug-likeness (QED) is 0.429. The number of fused-ring (bicyclic) bond motifs is 1. The van der Waals surface area contributed by atoms with Crippen molar-refractivity contribution in [3.63, 3.8) is 0 Å². The summed E-state index contributed by atoms with van der Waals surface area (Å²) in [6.07, 6.45) is 1.44. The van der Waals surface area contributed by atoms with Gasteiger partial charge in [0, 0.05) is 13.0 Å². The number of Topliss-reactive ketones (excluding diaryl/α,β-unsaturated/α-hetero) is 1. The summed E-state index contributed by atoms with van der Waals surface area (Å²) in [7, 11) is 1.57. The van der Waals surface area contributed by atoms with Crippen molar-refractivity contribution in [2.75, 3.05) is 7.11 Å². The third-order valence-electron chi connectivity index (χ3n) is 8.53. The molecule has 0 radical (unpaired) electrons. The molecule has 3 aliphatic carbocycles. The molecule has 0 aromatic carbocycles. The molecule has 0 aromatic rings. The summed E-state index contributed by atoms with van der Waals surface area (Å²) in [4.78, 5) is 26.5. The van der Waals surface area contributed by atoms with Gasteiger partial charge in [-0.1, -0.05) is 20.4 Å². The lowest BCUT2D eigenvalue weighted by Gasteiger charge is -2.62. The predicted molar refractivity (Wildman–Crippen MR) is 94.1 cm³/mol. The smallest absolute Gasteiger partial charge is 0.320 e. The minimum Gasteiger partial charge on any atom is -0.461 e. The maximum absolute atomic E-state index is 13.3. The number of ketones is 1. The molecule has 5 aliphatic rings. The fourth-order valence-corrected chi connectivity index (χ4v) is 7.56. The molecule has 1 unspecified atom stereocenters. The highest BCUT2D eigenvalue weighted by molar-refractivity contribution is 6.15. The molecule has 2 aliphatic heterocycles. The fourth-order valence-electron chi connectivity index (χ4n) is 7.56. The minimum absolute atomic E-state index is 0.0533. The van der Waals surface area contributed by atoms with Crippen molar-refractivity contribution in [3.8, 4) is 0 Å². The first-order chi connectivity index (χ1) is 12.7. The van der Waals surface area contributed by atoms with Gasteiger partial charge >= 0.3 is 5.97 Å². The number of carbonyl (C=O) groups excluding carboxylic acids is 2. The van der Waals surface area contributed by atoms with Gasteiger partial charge in [0.25, 0.3) is 0 Å². The zero-order valence-corrected chi connectivity index (χ0v) is 16.2. The molecule has 1 N–H and O–H groups in total. The highest BCUT2D eigenvalue weighted by atomic mass is 16.7. The fraction of sp³-hybridized carbons (Fsp3) is 0.810. The van der Waals surface area contributed by atoms with Gasteiger partial charge < -0.3 is 19.3 Å². The van der Waals surface area contributed by atoms with E-state index in [4.69, 9.17) is 14.2 Å². The van der Waals surface area contributed by atoms with Crippen LogP contribution in [0.1, 0.15) is 46.0 Å². The third-order valence-corrected chi connectivity index (χ3v) is 8.53. The topological polar surface area (TPSA) is 82.1 Å². The average molecular weight is 376 g/mol. The van der Waals surface area contributed by atoms with Crippen molar-refractivity contribution >= 4 is 11.8 Å². The highest BCUT2D eigenvalue weighted by Gasteiger charge is 2.80. The van der Waals surface area contributed by atoms with Gasteiger partial charge in [0.15, 0.2) is 18.4 Å². The van der Waals surface area contributed by atoms with Crippen LogP contribution in [0.25, 0.3) is 0 Å². The first kappa shape index (κ1) is 17.8. The van der Waals surface area contributed by atoms with Gasteiger partial charge in [0.05, 0.1) is 5.41 Å². The Kier molecular flexibility index (Phi) is 3.45. The van der Waals surface area contributed by atoms with E-state index in [9.17, 15) is 14.7 Å². The van der Waals surface area contributed by atoms with Crippen LogP contribution in [0.15, 0.2) is 12.2 Å². The van der Waals surface area contributed by atoms with E-state index >= 15 is 0 Å². The lowest BCUT2D eigenvalue weighted by Crippen LogP contribution is -2.70. The Hall–Kier alpha value is -1.24. The van der Waals surface area contributed by atoms with Gasteiger partial charge in [0.2, 0.25) is 0 Å². The van der Waals surface area contributed by atoms with Gasteiger partial charge in [-0.15, -0.1) is 0 Å². The number of rotatable bonds is 1. The summed E-state index contributed by atoms with van der Waals surface area (Å²) in [6.45, 7) is 8.26. The van der Waals surface area contributed by atoms with E-state index in [0.29, 0.717) is 18.4 Å². The first-order valence-corrected chi connectivity index (χ1v) is 10.0. The molecule has 8 atom stereocenters. The molecule has 2 bridgehead atoms. The van der Waals surface area contributed by atoms with Crippen LogP contribution < -0.4 is 0 Å². The van der Waals surface area contributed by atoms with Crippen LogP contribution in [0.5, 0.6) is 0 Å². The molecule has 2 spiro atoms. The number of methoxy groups -OCH3 is 1. The summed E-state index contributed by atoms with van der Waals surface area (Å²) < 4.78 is 17.7. The number of hydrogen-bond acceptors (Lipinski definition) is 6. The maximum Gasteiger partial charge on any atom is 0.320 e. The van der Waals surface area contributed by atoms with E-state index < -0.39 is 35.5 Å². The largest absolute Gasteiger partial charge is 0.461 e. The standard InChI is InChI=1S/C21H28O6/c1-10-11-5-6-12-20(9-11,15(10)22)17(24)26-13-7-8-19(2,3)14-16(23)27-18(25-4)21(12,13)14/h11-14,16,18,23H,1,5-9H2,2-4H3/t11-,12+,13-,14+,16+,18+,20-,21?/m0/s1. The average Bonchev–Trinajstić information content (AvgIpc) is 3.04. The van der Waals surface area contributed by atoms with Crippen molar-refractivity contribution in [1.29, 1.82) is 0 Å². The Morgan fingerprint density at radius 2 is 1.96 bits per heavy atom. The highest BCUT2D eigenvalue weighted by Crippen LogP contribution is 2.72. The first-order valence-electron chi connectivity index (χ1n) is 10.0. The normalized spacial score (nSPS) is 52.8. The van der Waals surface area contributed by atoms with Crippen LogP contribution >= 0.6 is 0 Å². The number of esters is 1. The zero-order chi connectivity index (χ0) is 19.4. The second kappa shape index (κ2) is 5.22. The van der Waals surface area contributed by atoms with Crippen LogP contribution in [0.4, 0.5) is 0 Å². The van der Waals surface area contributed by atoms with Crippen LogP contribution in [0.3, 0.4) is 0 Å². The predicted octanol–water partition coefficient (Wildman–Crippen LogP) is 2.20. The molecule has 5 rings (SSSR count). The lowest BCUT2D eigenvalue weighted by atomic mass is 9.43. The third kappa shape index (κ3) is 1.79. The Morgan fingerprint density at radius 3 is 2.67 bits per heavy atom. The molecular weight excluding hydrogens is 348 g/mol. The van der Waals surface area contributed by atoms with Crippen molar-refractivity contribution in [2.45, 2.75) is 64.6 Å². The molecule has 27 heavy (non-hydrogen) atoms. The Labute approximate surface area is 159 Å². The van der Waals surface area contributed by atoms with Crippen molar-refractivity contribution in [3.05, 3.63) is 12.2 Å². The number of aliphatic hydroxyl groups is 1. The summed E-state index contributed by atoms with van der Waals surface area (Å²) in [5, 5.41) is 10.9. The number of carbonyl (C=O) groups is 2. The Balaban J connectivity index is 1.75. The molecular formula is C21H28O6. The van der Waals surface area contributed by atoms with Crippen molar-refractivity contribution < 1.29 is 28.9 Å². The monoisotopic (exact) mass is 376 g/mol. The van der Waals surface area contributed by atoms with E-state index in [-0.39, 0.29) is 29.0 Å². The lowest BCUT2D eigenvalue weighted by molar-refractivity contribution is -0.273. The number of allylic oxidation sites excluding steroid dienone is 1. The van der Waals surface area contributed by atoms with Crippen molar-refractivity contribution in [2.24, 2.45) is 34.0 Å². The van der Waals surface area contributed by atoms with E-state index in [1.807, 2.05) is 0 Å². The second-order valence-electron chi connectivity index (χ2n) is 9.85. The van der Waals surface area contributed by atoms with Gasteiger partial charge in [-0.05, 0) is 54.9 Å². The molecule has 2 saturated heterocycles. The van der Waals surface area contributed by atoms with Gasteiger partial charge in [0.1, 0.15) is 11.5 Å². The van der Waals surface area contributed by atoms with E-state index in [1.54, 1.807) is 7.11 Å². The molecule has 5 fully saturated rings. The van der Waals surface area contributed by atoms with Gasteiger partial charge in [-0.2, -0.15) is 0 Å². The maximum atomic E-state index is 13.3. The van der Waals surface area contributed by atoms with Crippen LogP contribution in [0, 0.1) is 34.0 Å². The molecule has 6 heteroatoms. The summed E-state index contributed by atoms with van der Waals surface area (Å²) in [6, 6.07) is 0. The summed E-state index contributed by atoms with van der Waals surface area (Å²) >= 11 is 0. The van der Waals surface area contributed by atoms with Crippen LogP contribution in [-0.2, 0) is 23.8 Å². The summed E-state index contributed by atoms with van der Waals surface area (Å²) in [5.41, 5.74) is -1.56. The Bertz CT molecular complexity index is 743. The van der Waals surface area contributed by atoms with Crippen LogP contribution in [-0.4, -0.2) is 42.7 Å². The number of ether oxygens (including phenoxy) is 3. The Morgan fingerprint density at radius 1 is 1.22 bits per heavy atom. The molecule has 6 nitrogen and oxygen atoms in total. The minimum atomic E-state index is -1.19. The zero-order valence-electron chi connectivity index (χ0n) is 16.2. The molecule has 148 valence electrons. The second-order valence-corrected chi connectivity index (χ2v) is 9.85. The number of aliphatic hydroxyl groups excluding tert-OH is 1. The summed E-state index contributed by atoms with van der Waals surface area (Å²) in [5.74, 6) is -1.03.